The summed E-state index contributed by atoms with van der Waals surface area (Å²) in [6, 6.07) is 3.80. The molecule has 1 aromatic heterocycles. The average Bonchev–Trinajstić information content (AvgIpc) is 2.18. The number of aromatic nitrogens is 1. The Bertz CT molecular complexity index is 403. The second kappa shape index (κ2) is 5.17. The van der Waals surface area contributed by atoms with Crippen molar-refractivity contribution in [2.45, 2.75) is 34.2 Å². The lowest BCUT2D eigenvalue weighted by Gasteiger charge is -2.29. The van der Waals surface area contributed by atoms with Crippen LogP contribution < -0.4 is 5.56 Å². The van der Waals surface area contributed by atoms with E-state index in [1.54, 1.807) is 0 Å². The third kappa shape index (κ3) is 3.21. The van der Waals surface area contributed by atoms with E-state index in [2.05, 4.69) is 36.7 Å². The van der Waals surface area contributed by atoms with E-state index in [-0.39, 0.29) is 11.0 Å². The first kappa shape index (κ1) is 13.5. The predicted octanol–water partition coefficient (Wildman–Crippen LogP) is 3.21. The van der Waals surface area contributed by atoms with Gasteiger partial charge in [-0.1, -0.05) is 42.8 Å². The maximum absolute atomic E-state index is 11.9. The van der Waals surface area contributed by atoms with Crippen LogP contribution in [0.5, 0.6) is 0 Å². The first-order valence-electron chi connectivity index (χ1n) is 5.58. The molecule has 0 bridgehead atoms. The Labute approximate surface area is 106 Å². The SMILES string of the molecule is Cc1cccn(CC(CBr)C(C)(C)C)c1=O. The van der Waals surface area contributed by atoms with Crippen LogP contribution in [0.1, 0.15) is 26.3 Å². The number of nitrogens with zero attached hydrogens (tertiary/aromatic N) is 1. The largest absolute Gasteiger partial charge is 0.315 e. The summed E-state index contributed by atoms with van der Waals surface area (Å²) in [6.07, 6.45) is 1.87. The Morgan fingerprint density at radius 2 is 2.06 bits per heavy atom. The molecule has 0 spiro atoms. The standard InChI is InChI=1S/C13H20BrNO/c1-10-6-5-7-15(12(10)16)9-11(8-14)13(2,3)4/h5-7,11H,8-9H2,1-4H3. The van der Waals surface area contributed by atoms with E-state index in [4.69, 9.17) is 0 Å². The molecule has 0 aliphatic heterocycles. The van der Waals surface area contributed by atoms with E-state index in [0.29, 0.717) is 5.92 Å². The number of alkyl halides is 1. The number of hydrogen-bond acceptors (Lipinski definition) is 1. The van der Waals surface area contributed by atoms with Crippen LogP contribution >= 0.6 is 15.9 Å². The predicted molar refractivity (Wildman–Crippen MR) is 72.2 cm³/mol. The zero-order valence-corrected chi connectivity index (χ0v) is 12.0. The Kier molecular flexibility index (Phi) is 4.36. The van der Waals surface area contributed by atoms with E-state index < -0.39 is 0 Å². The molecule has 0 fully saturated rings. The van der Waals surface area contributed by atoms with Crippen molar-refractivity contribution in [3.8, 4) is 0 Å². The normalized spacial score (nSPS) is 13.8. The van der Waals surface area contributed by atoms with E-state index in [1.807, 2.05) is 29.8 Å². The Balaban J connectivity index is 2.96. The molecule has 16 heavy (non-hydrogen) atoms. The zero-order chi connectivity index (χ0) is 12.3. The van der Waals surface area contributed by atoms with Gasteiger partial charge in [-0.2, -0.15) is 0 Å². The number of pyridine rings is 1. The van der Waals surface area contributed by atoms with Gasteiger partial charge in [-0.3, -0.25) is 4.79 Å². The molecule has 2 nitrogen and oxygen atoms in total. The van der Waals surface area contributed by atoms with Crippen LogP contribution in [0.3, 0.4) is 0 Å². The van der Waals surface area contributed by atoms with Gasteiger partial charge in [0.2, 0.25) is 0 Å². The molecule has 0 aliphatic rings. The van der Waals surface area contributed by atoms with Crippen LogP contribution in [0, 0.1) is 18.3 Å². The van der Waals surface area contributed by atoms with Crippen molar-refractivity contribution in [1.82, 2.24) is 4.57 Å². The highest BCUT2D eigenvalue weighted by atomic mass is 79.9. The van der Waals surface area contributed by atoms with Crippen molar-refractivity contribution in [2.24, 2.45) is 11.3 Å². The molecule has 1 aromatic rings. The van der Waals surface area contributed by atoms with E-state index in [1.165, 1.54) is 0 Å². The summed E-state index contributed by atoms with van der Waals surface area (Å²) < 4.78 is 1.81. The fraction of sp³-hybridized carbons (Fsp3) is 0.615. The second-order valence-electron chi connectivity index (χ2n) is 5.37. The van der Waals surface area contributed by atoms with E-state index in [0.717, 1.165) is 17.4 Å². The van der Waals surface area contributed by atoms with Crippen molar-refractivity contribution in [3.05, 3.63) is 34.2 Å². The molecule has 0 aliphatic carbocycles. The summed E-state index contributed by atoms with van der Waals surface area (Å²) >= 11 is 3.54. The van der Waals surface area contributed by atoms with Gasteiger partial charge >= 0.3 is 0 Å². The Hall–Kier alpha value is -0.570. The maximum atomic E-state index is 11.9. The molecular weight excluding hydrogens is 266 g/mol. The van der Waals surface area contributed by atoms with Crippen LogP contribution in [-0.2, 0) is 6.54 Å². The van der Waals surface area contributed by atoms with Crippen LogP contribution in [0.4, 0.5) is 0 Å². The van der Waals surface area contributed by atoms with Gasteiger partial charge in [0.1, 0.15) is 0 Å². The van der Waals surface area contributed by atoms with Crippen molar-refractivity contribution in [2.75, 3.05) is 5.33 Å². The molecule has 90 valence electrons. The van der Waals surface area contributed by atoms with Gasteiger partial charge in [0.15, 0.2) is 0 Å². The highest BCUT2D eigenvalue weighted by molar-refractivity contribution is 9.09. The number of halogens is 1. The maximum Gasteiger partial charge on any atom is 0.253 e. The molecule has 0 aromatic carbocycles. The highest BCUT2D eigenvalue weighted by Crippen LogP contribution is 2.28. The summed E-state index contributed by atoms with van der Waals surface area (Å²) in [6.45, 7) is 9.26. The summed E-state index contributed by atoms with van der Waals surface area (Å²) in [5, 5.41) is 0.914. The summed E-state index contributed by atoms with van der Waals surface area (Å²) in [5.74, 6) is 0.451. The summed E-state index contributed by atoms with van der Waals surface area (Å²) in [7, 11) is 0. The van der Waals surface area contributed by atoms with Gasteiger partial charge in [-0.25, -0.2) is 0 Å². The van der Waals surface area contributed by atoms with Gasteiger partial charge in [-0.05, 0) is 24.3 Å². The lowest BCUT2D eigenvalue weighted by molar-refractivity contribution is 0.237. The summed E-state index contributed by atoms with van der Waals surface area (Å²) in [4.78, 5) is 11.9. The first-order chi connectivity index (χ1) is 7.36. The minimum atomic E-state index is 0.123. The number of aryl methyl sites for hydroxylation is 1. The van der Waals surface area contributed by atoms with Crippen LogP contribution in [0.2, 0.25) is 0 Å². The van der Waals surface area contributed by atoms with Crippen molar-refractivity contribution < 1.29 is 0 Å². The van der Waals surface area contributed by atoms with Crippen molar-refractivity contribution in [1.29, 1.82) is 0 Å². The molecule has 1 atom stereocenters. The van der Waals surface area contributed by atoms with E-state index in [9.17, 15) is 4.79 Å². The van der Waals surface area contributed by atoms with Gasteiger partial charge in [0, 0.05) is 23.6 Å². The Morgan fingerprint density at radius 3 is 2.56 bits per heavy atom. The van der Waals surface area contributed by atoms with Gasteiger partial charge in [-0.15, -0.1) is 0 Å². The van der Waals surface area contributed by atoms with Gasteiger partial charge < -0.3 is 4.57 Å². The lowest BCUT2D eigenvalue weighted by Crippen LogP contribution is -2.31. The fourth-order valence-corrected chi connectivity index (χ4v) is 2.77. The molecule has 0 saturated carbocycles. The molecular formula is C13H20BrNO. The van der Waals surface area contributed by atoms with Crippen LogP contribution in [-0.4, -0.2) is 9.90 Å². The third-order valence-electron chi connectivity index (χ3n) is 3.04. The number of rotatable bonds is 3. The van der Waals surface area contributed by atoms with Crippen molar-refractivity contribution in [3.63, 3.8) is 0 Å². The fourth-order valence-electron chi connectivity index (χ4n) is 1.59. The molecule has 0 N–H and O–H groups in total. The third-order valence-corrected chi connectivity index (χ3v) is 3.82. The van der Waals surface area contributed by atoms with Gasteiger partial charge in [0.05, 0.1) is 0 Å². The highest BCUT2D eigenvalue weighted by Gasteiger charge is 2.24. The van der Waals surface area contributed by atoms with E-state index >= 15 is 0 Å². The first-order valence-corrected chi connectivity index (χ1v) is 6.70. The molecule has 1 rings (SSSR count). The molecule has 3 heteroatoms. The quantitative estimate of drug-likeness (QED) is 0.782. The molecule has 0 saturated heterocycles. The monoisotopic (exact) mass is 285 g/mol. The van der Waals surface area contributed by atoms with Crippen molar-refractivity contribution >= 4 is 15.9 Å². The Morgan fingerprint density at radius 1 is 1.44 bits per heavy atom. The van der Waals surface area contributed by atoms with Gasteiger partial charge in [0.25, 0.3) is 5.56 Å². The topological polar surface area (TPSA) is 22.0 Å². The zero-order valence-electron chi connectivity index (χ0n) is 10.5. The van der Waals surface area contributed by atoms with Crippen LogP contribution in [0.15, 0.2) is 23.1 Å². The second-order valence-corrected chi connectivity index (χ2v) is 6.01. The minimum Gasteiger partial charge on any atom is -0.315 e. The molecule has 0 amide bonds. The number of hydrogen-bond donors (Lipinski definition) is 0. The molecule has 0 radical (unpaired) electrons. The summed E-state index contributed by atoms with van der Waals surface area (Å²) in [5.41, 5.74) is 1.13. The lowest BCUT2D eigenvalue weighted by atomic mass is 9.82. The molecule has 1 unspecified atom stereocenters. The minimum absolute atomic E-state index is 0.123. The van der Waals surface area contributed by atoms with Crippen LogP contribution in [0.25, 0.3) is 0 Å². The average molecular weight is 286 g/mol. The smallest absolute Gasteiger partial charge is 0.253 e. The molecule has 1 heterocycles.